The van der Waals surface area contributed by atoms with Crippen molar-refractivity contribution in [3.8, 4) is 0 Å². The molecule has 0 unspecified atom stereocenters. The Morgan fingerprint density at radius 1 is 1.05 bits per heavy atom. The van der Waals surface area contributed by atoms with Crippen LogP contribution in [0.2, 0.25) is 0 Å². The first-order chi connectivity index (χ1) is 9.69. The summed E-state index contributed by atoms with van der Waals surface area (Å²) in [4.78, 5) is 11.9. The van der Waals surface area contributed by atoms with E-state index in [1.165, 1.54) is 5.56 Å². The molecule has 0 aliphatic heterocycles. The number of amides is 1. The van der Waals surface area contributed by atoms with E-state index in [1.54, 1.807) is 0 Å². The number of hydrogen-bond donors (Lipinski definition) is 2. The van der Waals surface area contributed by atoms with Crippen LogP contribution in [0.25, 0.3) is 0 Å². The molecule has 3 heteroatoms. The Hall–Kier alpha value is -2.13. The zero-order chi connectivity index (χ0) is 14.4. The average molecular weight is 268 g/mol. The highest BCUT2D eigenvalue weighted by Crippen LogP contribution is 2.07. The van der Waals surface area contributed by atoms with Gasteiger partial charge in [-0.15, -0.1) is 0 Å². The Labute approximate surface area is 119 Å². The minimum Gasteiger partial charge on any atom is -0.352 e. The third-order valence-electron chi connectivity index (χ3n) is 3.36. The van der Waals surface area contributed by atoms with Crippen molar-refractivity contribution in [1.82, 2.24) is 5.32 Å². The fourth-order valence-corrected chi connectivity index (χ4v) is 2.04. The molecule has 0 aromatic heterocycles. The van der Waals surface area contributed by atoms with Crippen LogP contribution >= 0.6 is 0 Å². The highest BCUT2D eigenvalue weighted by molar-refractivity contribution is 5.78. The van der Waals surface area contributed by atoms with Crippen molar-refractivity contribution in [2.45, 2.75) is 26.4 Å². The van der Waals surface area contributed by atoms with E-state index in [-0.39, 0.29) is 5.91 Å². The fraction of sp³-hybridized carbons (Fsp3) is 0.235. The van der Waals surface area contributed by atoms with E-state index >= 15 is 0 Å². The fourth-order valence-electron chi connectivity index (χ4n) is 2.04. The zero-order valence-electron chi connectivity index (χ0n) is 11.7. The Balaban J connectivity index is 1.87. The Morgan fingerprint density at radius 3 is 2.35 bits per heavy atom. The van der Waals surface area contributed by atoms with Crippen LogP contribution in [0.1, 0.15) is 22.3 Å². The van der Waals surface area contributed by atoms with Gasteiger partial charge in [0.25, 0.3) is 0 Å². The van der Waals surface area contributed by atoms with E-state index < -0.39 is 0 Å². The summed E-state index contributed by atoms with van der Waals surface area (Å²) in [5.41, 5.74) is 9.98. The summed E-state index contributed by atoms with van der Waals surface area (Å²) in [5, 5.41) is 2.95. The number of carbonyl (C=O) groups is 1. The average Bonchev–Trinajstić information content (AvgIpc) is 2.47. The van der Waals surface area contributed by atoms with Crippen molar-refractivity contribution in [1.29, 1.82) is 0 Å². The first kappa shape index (κ1) is 14.3. The van der Waals surface area contributed by atoms with Gasteiger partial charge in [-0.25, -0.2) is 0 Å². The first-order valence-electron chi connectivity index (χ1n) is 6.78. The van der Waals surface area contributed by atoms with Gasteiger partial charge in [0.15, 0.2) is 0 Å². The lowest BCUT2D eigenvalue weighted by molar-refractivity contribution is -0.120. The van der Waals surface area contributed by atoms with Crippen molar-refractivity contribution in [3.05, 3.63) is 70.8 Å². The molecule has 0 saturated carbocycles. The second kappa shape index (κ2) is 6.87. The van der Waals surface area contributed by atoms with Gasteiger partial charge in [-0.1, -0.05) is 48.5 Å². The van der Waals surface area contributed by atoms with Gasteiger partial charge < -0.3 is 11.1 Å². The molecular formula is C17H20N2O. The smallest absolute Gasteiger partial charge is 0.224 e. The molecule has 0 saturated heterocycles. The van der Waals surface area contributed by atoms with E-state index in [0.29, 0.717) is 19.5 Å². The number of aryl methyl sites for hydroxylation is 1. The maximum atomic E-state index is 11.9. The van der Waals surface area contributed by atoms with E-state index in [2.05, 4.69) is 5.32 Å². The summed E-state index contributed by atoms with van der Waals surface area (Å²) >= 11 is 0. The van der Waals surface area contributed by atoms with Crippen LogP contribution in [-0.2, 0) is 24.3 Å². The molecular weight excluding hydrogens is 248 g/mol. The van der Waals surface area contributed by atoms with Gasteiger partial charge >= 0.3 is 0 Å². The lowest BCUT2D eigenvalue weighted by atomic mass is 10.1. The number of carbonyl (C=O) groups excluding carboxylic acids is 1. The lowest BCUT2D eigenvalue weighted by Gasteiger charge is -2.08. The van der Waals surface area contributed by atoms with Crippen molar-refractivity contribution in [2.75, 3.05) is 0 Å². The molecule has 0 aliphatic rings. The monoisotopic (exact) mass is 268 g/mol. The number of nitrogens with one attached hydrogen (secondary N) is 1. The van der Waals surface area contributed by atoms with Crippen molar-refractivity contribution in [3.63, 3.8) is 0 Å². The molecule has 0 fully saturated rings. The summed E-state index contributed by atoms with van der Waals surface area (Å²) in [6.07, 6.45) is 0.400. The number of hydrogen-bond acceptors (Lipinski definition) is 2. The third kappa shape index (κ3) is 3.93. The van der Waals surface area contributed by atoms with Crippen LogP contribution in [0, 0.1) is 6.92 Å². The van der Waals surface area contributed by atoms with Crippen LogP contribution < -0.4 is 11.1 Å². The van der Waals surface area contributed by atoms with Crippen LogP contribution in [0.5, 0.6) is 0 Å². The molecule has 0 spiro atoms. The van der Waals surface area contributed by atoms with E-state index in [4.69, 9.17) is 5.73 Å². The van der Waals surface area contributed by atoms with Crippen molar-refractivity contribution < 1.29 is 4.79 Å². The Morgan fingerprint density at radius 2 is 1.70 bits per heavy atom. The minimum absolute atomic E-state index is 0.0359. The van der Waals surface area contributed by atoms with Gasteiger partial charge in [-0.3, -0.25) is 4.79 Å². The number of benzene rings is 2. The molecule has 0 aliphatic carbocycles. The molecule has 3 N–H and O–H groups in total. The summed E-state index contributed by atoms with van der Waals surface area (Å²) in [6, 6.07) is 15.9. The molecule has 2 rings (SSSR count). The van der Waals surface area contributed by atoms with Gasteiger partial charge in [-0.2, -0.15) is 0 Å². The molecule has 1 amide bonds. The SMILES string of the molecule is Cc1ccccc1CNC(=O)Cc1ccc(CN)cc1. The molecule has 20 heavy (non-hydrogen) atoms. The van der Waals surface area contributed by atoms with Crippen molar-refractivity contribution in [2.24, 2.45) is 5.73 Å². The largest absolute Gasteiger partial charge is 0.352 e. The van der Waals surface area contributed by atoms with Gasteiger partial charge in [0.1, 0.15) is 0 Å². The van der Waals surface area contributed by atoms with E-state index in [1.807, 2.05) is 55.5 Å². The maximum Gasteiger partial charge on any atom is 0.224 e. The topological polar surface area (TPSA) is 55.1 Å². The van der Waals surface area contributed by atoms with E-state index in [0.717, 1.165) is 16.7 Å². The van der Waals surface area contributed by atoms with Crippen LogP contribution in [0.15, 0.2) is 48.5 Å². The summed E-state index contributed by atoms with van der Waals surface area (Å²) < 4.78 is 0. The summed E-state index contributed by atoms with van der Waals surface area (Å²) in [7, 11) is 0. The zero-order valence-corrected chi connectivity index (χ0v) is 11.7. The van der Waals surface area contributed by atoms with Gasteiger partial charge in [0, 0.05) is 13.1 Å². The maximum absolute atomic E-state index is 11.9. The van der Waals surface area contributed by atoms with Crippen LogP contribution in [0.3, 0.4) is 0 Å². The quantitative estimate of drug-likeness (QED) is 0.874. The lowest BCUT2D eigenvalue weighted by Crippen LogP contribution is -2.24. The highest BCUT2D eigenvalue weighted by atomic mass is 16.1. The molecule has 3 nitrogen and oxygen atoms in total. The predicted molar refractivity (Wildman–Crippen MR) is 81.1 cm³/mol. The van der Waals surface area contributed by atoms with Gasteiger partial charge in [-0.05, 0) is 29.2 Å². The standard InChI is InChI=1S/C17H20N2O/c1-13-4-2-3-5-16(13)12-19-17(20)10-14-6-8-15(11-18)9-7-14/h2-9H,10-12,18H2,1H3,(H,19,20). The number of rotatable bonds is 5. The summed E-state index contributed by atoms with van der Waals surface area (Å²) in [6.45, 7) is 3.15. The van der Waals surface area contributed by atoms with Crippen molar-refractivity contribution >= 4 is 5.91 Å². The van der Waals surface area contributed by atoms with Gasteiger partial charge in [0.05, 0.1) is 6.42 Å². The van der Waals surface area contributed by atoms with Gasteiger partial charge in [0.2, 0.25) is 5.91 Å². The first-order valence-corrected chi connectivity index (χ1v) is 6.78. The normalized spacial score (nSPS) is 10.3. The summed E-state index contributed by atoms with van der Waals surface area (Å²) in [5.74, 6) is 0.0359. The third-order valence-corrected chi connectivity index (χ3v) is 3.36. The molecule has 0 atom stereocenters. The number of nitrogens with two attached hydrogens (primary N) is 1. The molecule has 0 bridgehead atoms. The predicted octanol–water partition coefficient (Wildman–Crippen LogP) is 2.31. The molecule has 0 radical (unpaired) electrons. The van der Waals surface area contributed by atoms with Crippen LogP contribution in [0.4, 0.5) is 0 Å². The van der Waals surface area contributed by atoms with Crippen LogP contribution in [-0.4, -0.2) is 5.91 Å². The molecule has 0 heterocycles. The second-order valence-electron chi connectivity index (χ2n) is 4.90. The minimum atomic E-state index is 0.0359. The molecule has 104 valence electrons. The Kier molecular flexibility index (Phi) is 4.91. The van der Waals surface area contributed by atoms with E-state index in [9.17, 15) is 4.79 Å². The highest BCUT2D eigenvalue weighted by Gasteiger charge is 2.04. The molecule has 2 aromatic rings. The molecule has 2 aromatic carbocycles. The Bertz CT molecular complexity index is 576. The second-order valence-corrected chi connectivity index (χ2v) is 4.90.